The lowest BCUT2D eigenvalue weighted by Crippen LogP contribution is -2.54. The Morgan fingerprint density at radius 3 is 2.78 bits per heavy atom. The Bertz CT molecular complexity index is 501. The summed E-state index contributed by atoms with van der Waals surface area (Å²) < 4.78 is 31.9. The van der Waals surface area contributed by atoms with Crippen molar-refractivity contribution in [3.63, 3.8) is 0 Å². The van der Waals surface area contributed by atoms with E-state index in [2.05, 4.69) is 16.7 Å². The van der Waals surface area contributed by atoms with Gasteiger partial charge in [0.25, 0.3) is 0 Å². The number of benzene rings is 1. The number of methoxy groups -OCH3 is 1. The predicted molar refractivity (Wildman–Crippen MR) is 85.3 cm³/mol. The number of halogens is 2. The van der Waals surface area contributed by atoms with Crippen molar-refractivity contribution in [2.24, 2.45) is 0 Å². The Balaban J connectivity index is 1.93. The van der Waals surface area contributed by atoms with Crippen molar-refractivity contribution in [3.8, 4) is 0 Å². The smallest absolute Gasteiger partial charge is 0.131 e. The Labute approximate surface area is 136 Å². The van der Waals surface area contributed by atoms with Crippen molar-refractivity contribution >= 4 is 0 Å². The van der Waals surface area contributed by atoms with Gasteiger partial charge in [0.05, 0.1) is 12.7 Å². The van der Waals surface area contributed by atoms with E-state index in [4.69, 9.17) is 4.74 Å². The van der Waals surface area contributed by atoms with E-state index in [-0.39, 0.29) is 5.56 Å². The van der Waals surface area contributed by atoms with Gasteiger partial charge in [-0.2, -0.15) is 0 Å². The van der Waals surface area contributed by atoms with Crippen molar-refractivity contribution < 1.29 is 18.6 Å². The Morgan fingerprint density at radius 2 is 2.13 bits per heavy atom. The molecule has 1 aliphatic rings. The van der Waals surface area contributed by atoms with Crippen LogP contribution in [-0.2, 0) is 4.74 Å². The van der Waals surface area contributed by atoms with Gasteiger partial charge in [-0.15, -0.1) is 0 Å². The first-order valence-corrected chi connectivity index (χ1v) is 8.13. The van der Waals surface area contributed by atoms with E-state index in [1.165, 1.54) is 12.1 Å². The summed E-state index contributed by atoms with van der Waals surface area (Å²) in [4.78, 5) is 4.54. The second-order valence-corrected chi connectivity index (χ2v) is 6.03. The third kappa shape index (κ3) is 4.94. The van der Waals surface area contributed by atoms with E-state index in [1.54, 1.807) is 7.11 Å². The van der Waals surface area contributed by atoms with Crippen LogP contribution in [-0.4, -0.2) is 67.4 Å². The summed E-state index contributed by atoms with van der Waals surface area (Å²) in [5.41, 5.74) is 0.154. The second-order valence-electron chi connectivity index (χ2n) is 6.03. The molecule has 0 aliphatic carbocycles. The number of ether oxygens (including phenoxy) is 1. The molecule has 0 bridgehead atoms. The lowest BCUT2D eigenvalue weighted by molar-refractivity contribution is 0.0253. The largest absolute Gasteiger partial charge is 0.387 e. The van der Waals surface area contributed by atoms with E-state index in [0.717, 1.165) is 38.7 Å². The zero-order valence-corrected chi connectivity index (χ0v) is 13.8. The Hall–Kier alpha value is -1.08. The van der Waals surface area contributed by atoms with Crippen molar-refractivity contribution in [3.05, 3.63) is 35.4 Å². The molecule has 1 fully saturated rings. The summed E-state index contributed by atoms with van der Waals surface area (Å²) in [6, 6.07) is 3.72. The molecule has 1 saturated heterocycles. The number of piperazine rings is 1. The Morgan fingerprint density at radius 1 is 1.35 bits per heavy atom. The van der Waals surface area contributed by atoms with Crippen LogP contribution >= 0.6 is 0 Å². The van der Waals surface area contributed by atoms with Gasteiger partial charge in [-0.05, 0) is 12.5 Å². The molecule has 130 valence electrons. The van der Waals surface area contributed by atoms with Crippen LogP contribution in [0, 0.1) is 11.6 Å². The SMILES string of the molecule is CC[C@H]1CN(C[C@H](O)c2ccc(F)cc2F)CCN1CCOC. The topological polar surface area (TPSA) is 35.9 Å². The third-order valence-corrected chi connectivity index (χ3v) is 4.50. The molecule has 2 atom stereocenters. The van der Waals surface area contributed by atoms with Crippen molar-refractivity contribution in [1.82, 2.24) is 9.80 Å². The molecule has 0 amide bonds. The molecule has 23 heavy (non-hydrogen) atoms. The van der Waals surface area contributed by atoms with Gasteiger partial charge in [-0.1, -0.05) is 13.0 Å². The van der Waals surface area contributed by atoms with Crippen molar-refractivity contribution in [2.45, 2.75) is 25.5 Å². The molecule has 0 unspecified atom stereocenters. The first-order chi connectivity index (χ1) is 11.0. The minimum absolute atomic E-state index is 0.154. The molecular weight excluding hydrogens is 302 g/mol. The highest BCUT2D eigenvalue weighted by atomic mass is 19.1. The summed E-state index contributed by atoms with van der Waals surface area (Å²) in [6.07, 6.45) is 0.0694. The van der Waals surface area contributed by atoms with E-state index >= 15 is 0 Å². The minimum Gasteiger partial charge on any atom is -0.387 e. The average molecular weight is 328 g/mol. The van der Waals surface area contributed by atoms with E-state index in [1.807, 2.05) is 0 Å². The number of β-amino-alcohol motifs (C(OH)–C–C–N with tert-alkyl or cyclic N) is 1. The highest BCUT2D eigenvalue weighted by molar-refractivity contribution is 5.21. The highest BCUT2D eigenvalue weighted by Crippen LogP contribution is 2.21. The molecule has 2 rings (SSSR count). The number of rotatable bonds is 7. The molecule has 1 heterocycles. The normalized spacial score (nSPS) is 21.5. The summed E-state index contributed by atoms with van der Waals surface area (Å²) in [5.74, 6) is -1.32. The monoisotopic (exact) mass is 328 g/mol. The molecule has 0 saturated carbocycles. The molecule has 1 N–H and O–H groups in total. The molecule has 0 radical (unpaired) electrons. The van der Waals surface area contributed by atoms with Gasteiger partial charge in [-0.25, -0.2) is 8.78 Å². The van der Waals surface area contributed by atoms with Crippen LogP contribution in [0.5, 0.6) is 0 Å². The van der Waals surface area contributed by atoms with Crippen LogP contribution in [0.15, 0.2) is 18.2 Å². The number of hydrogen-bond donors (Lipinski definition) is 1. The average Bonchev–Trinajstić information content (AvgIpc) is 2.53. The first-order valence-electron chi connectivity index (χ1n) is 8.13. The molecule has 1 aromatic rings. The van der Waals surface area contributed by atoms with Crippen LogP contribution in [0.25, 0.3) is 0 Å². The molecule has 4 nitrogen and oxygen atoms in total. The van der Waals surface area contributed by atoms with Crippen molar-refractivity contribution in [1.29, 1.82) is 0 Å². The lowest BCUT2D eigenvalue weighted by atomic mass is 10.1. The first kappa shape index (κ1) is 18.3. The fourth-order valence-electron chi connectivity index (χ4n) is 3.13. The maximum atomic E-state index is 13.8. The van der Waals surface area contributed by atoms with Crippen LogP contribution < -0.4 is 0 Å². The van der Waals surface area contributed by atoms with Crippen LogP contribution in [0.3, 0.4) is 0 Å². The highest BCUT2D eigenvalue weighted by Gasteiger charge is 2.27. The van der Waals surface area contributed by atoms with Crippen LogP contribution in [0.4, 0.5) is 8.78 Å². The standard InChI is InChI=1S/C17H26F2N2O2/c1-3-14-11-20(6-7-21(14)8-9-23-2)12-17(22)15-5-4-13(18)10-16(15)19/h4-5,10,14,17,22H,3,6-9,11-12H2,1-2H3/t14-,17-/m0/s1. The summed E-state index contributed by atoms with van der Waals surface area (Å²) in [6.45, 7) is 6.67. The molecule has 6 heteroatoms. The van der Waals surface area contributed by atoms with Gasteiger partial charge in [-0.3, -0.25) is 9.80 Å². The molecule has 1 aliphatic heterocycles. The van der Waals surface area contributed by atoms with Crippen LogP contribution in [0.2, 0.25) is 0 Å². The van der Waals surface area contributed by atoms with Gasteiger partial charge >= 0.3 is 0 Å². The minimum atomic E-state index is -0.946. The third-order valence-electron chi connectivity index (χ3n) is 4.50. The van der Waals surface area contributed by atoms with Gasteiger partial charge in [0, 0.05) is 57.5 Å². The molecule has 1 aromatic carbocycles. The van der Waals surface area contributed by atoms with Gasteiger partial charge in [0.2, 0.25) is 0 Å². The zero-order chi connectivity index (χ0) is 16.8. The Kier molecular flexibility index (Phi) is 6.89. The number of aliphatic hydroxyl groups excluding tert-OH is 1. The zero-order valence-electron chi connectivity index (χ0n) is 13.8. The fourth-order valence-corrected chi connectivity index (χ4v) is 3.13. The molecular formula is C17H26F2N2O2. The fraction of sp³-hybridized carbons (Fsp3) is 0.647. The quantitative estimate of drug-likeness (QED) is 0.831. The predicted octanol–water partition coefficient (Wildman–Crippen LogP) is 2.04. The maximum Gasteiger partial charge on any atom is 0.131 e. The second kappa shape index (κ2) is 8.68. The number of hydrogen-bond acceptors (Lipinski definition) is 4. The molecule has 0 aromatic heterocycles. The van der Waals surface area contributed by atoms with Gasteiger partial charge < -0.3 is 9.84 Å². The maximum absolute atomic E-state index is 13.8. The van der Waals surface area contributed by atoms with Gasteiger partial charge in [0.15, 0.2) is 0 Å². The number of aliphatic hydroxyl groups is 1. The van der Waals surface area contributed by atoms with Crippen molar-refractivity contribution in [2.75, 3.05) is 46.4 Å². The molecule has 0 spiro atoms. The van der Waals surface area contributed by atoms with E-state index < -0.39 is 17.7 Å². The van der Waals surface area contributed by atoms with Gasteiger partial charge in [0.1, 0.15) is 11.6 Å². The van der Waals surface area contributed by atoms with Crippen LogP contribution in [0.1, 0.15) is 25.0 Å². The van der Waals surface area contributed by atoms with E-state index in [9.17, 15) is 13.9 Å². The summed E-state index contributed by atoms with van der Waals surface area (Å²) in [7, 11) is 1.70. The summed E-state index contributed by atoms with van der Waals surface area (Å²) >= 11 is 0. The lowest BCUT2D eigenvalue weighted by Gasteiger charge is -2.41. The number of nitrogens with zero attached hydrogens (tertiary/aromatic N) is 2. The summed E-state index contributed by atoms with van der Waals surface area (Å²) in [5, 5.41) is 10.3. The van der Waals surface area contributed by atoms with E-state index in [0.29, 0.717) is 19.2 Å².